The van der Waals surface area contributed by atoms with Gasteiger partial charge in [0.2, 0.25) is 0 Å². The molecule has 0 spiro atoms. The summed E-state index contributed by atoms with van der Waals surface area (Å²) in [6, 6.07) is 9.90. The Morgan fingerprint density at radius 2 is 1.74 bits per heavy atom. The molecule has 2 aliphatic rings. The number of nitrogens with one attached hydrogen (secondary N) is 1. The number of aromatic nitrogens is 1. The van der Waals surface area contributed by atoms with Gasteiger partial charge in [0.05, 0.1) is 11.7 Å². The lowest BCUT2D eigenvalue weighted by atomic mass is 9.99. The number of carbonyl (C=O) groups excluding carboxylic acids is 1. The van der Waals surface area contributed by atoms with Gasteiger partial charge in [-0.05, 0) is 43.1 Å². The minimum atomic E-state index is -3.27. The maximum Gasteiger partial charge on any atom is 0.315 e. The van der Waals surface area contributed by atoms with Crippen LogP contribution in [0, 0.1) is 0 Å². The second-order valence-electron chi connectivity index (χ2n) is 9.12. The van der Waals surface area contributed by atoms with Gasteiger partial charge in [0.1, 0.15) is 12.8 Å². The molecule has 2 aromatic rings. The van der Waals surface area contributed by atoms with E-state index in [9.17, 15) is 23.1 Å². The van der Waals surface area contributed by atoms with E-state index in [2.05, 4.69) is 14.8 Å². The van der Waals surface area contributed by atoms with Crippen LogP contribution in [0.2, 0.25) is 0 Å². The van der Waals surface area contributed by atoms with Crippen LogP contribution in [-0.2, 0) is 11.3 Å². The van der Waals surface area contributed by atoms with Crippen molar-refractivity contribution in [2.45, 2.75) is 50.4 Å². The highest BCUT2D eigenvalue weighted by Gasteiger charge is 2.32. The number of hydrogen-bond donors (Lipinski definition) is 2. The molecule has 0 saturated carbocycles. The number of pyridine rings is 1. The summed E-state index contributed by atoms with van der Waals surface area (Å²) in [6.07, 6.45) is 1.07. The highest BCUT2D eigenvalue weighted by atomic mass is 19.3. The van der Waals surface area contributed by atoms with Crippen LogP contribution in [-0.4, -0.2) is 77.2 Å². The van der Waals surface area contributed by atoms with Gasteiger partial charge in [-0.2, -0.15) is 8.78 Å². The van der Waals surface area contributed by atoms with Gasteiger partial charge in [0.15, 0.2) is 0 Å². The smallest absolute Gasteiger partial charge is 0.315 e. The molecule has 0 unspecified atom stereocenters. The van der Waals surface area contributed by atoms with E-state index in [0.717, 1.165) is 36.5 Å². The van der Waals surface area contributed by atoms with Crippen LogP contribution in [0.5, 0.6) is 0 Å². The first-order valence-corrected chi connectivity index (χ1v) is 11.8. The molecule has 3 heterocycles. The molecule has 2 saturated heterocycles. The predicted octanol–water partition coefficient (Wildman–Crippen LogP) is 3.17. The van der Waals surface area contributed by atoms with Crippen LogP contribution in [0.15, 0.2) is 42.6 Å². The Morgan fingerprint density at radius 1 is 1.06 bits per heavy atom. The fourth-order valence-electron chi connectivity index (χ4n) is 4.66. The van der Waals surface area contributed by atoms with Crippen LogP contribution in [0.4, 0.5) is 13.2 Å². The molecular weight excluding hydrogens is 445 g/mol. The van der Waals surface area contributed by atoms with Crippen molar-refractivity contribution in [3.05, 3.63) is 53.9 Å². The van der Waals surface area contributed by atoms with Crippen LogP contribution in [0.1, 0.15) is 36.6 Å². The molecule has 0 aliphatic carbocycles. The lowest BCUT2D eigenvalue weighted by Gasteiger charge is -2.46. The molecule has 1 aromatic carbocycles. The number of alkyl halides is 3. The summed E-state index contributed by atoms with van der Waals surface area (Å²) in [4.78, 5) is 20.8. The first-order valence-electron chi connectivity index (χ1n) is 11.8. The average molecular weight is 477 g/mol. The normalized spacial score (nSPS) is 19.6. The predicted molar refractivity (Wildman–Crippen MR) is 123 cm³/mol. The second kappa shape index (κ2) is 11.3. The molecule has 2 N–H and O–H groups in total. The number of carbonyl (C=O) groups is 1. The monoisotopic (exact) mass is 476 g/mol. The van der Waals surface area contributed by atoms with Crippen molar-refractivity contribution in [1.29, 1.82) is 0 Å². The Labute approximate surface area is 197 Å². The Kier molecular flexibility index (Phi) is 8.18. The molecule has 1 aromatic heterocycles. The molecule has 4 rings (SSSR count). The largest absolute Gasteiger partial charge is 0.386 e. The number of rotatable bonds is 9. The Balaban J connectivity index is 1.30. The van der Waals surface area contributed by atoms with Crippen molar-refractivity contribution < 1.29 is 23.1 Å². The van der Waals surface area contributed by atoms with E-state index in [-0.39, 0.29) is 0 Å². The standard InChI is InChI=1S/C25H31F3N4O2/c26-12-22(30-25(34)24(27)28)23(33)18-6-4-17(5-7-18)19-8-9-20(29-13-19)14-31-15-21(16-31)32-10-2-1-3-11-32/h4-9,13,21-24,33H,1-3,10-12,14-16H2,(H,30,34)/t22-,23+/m1/s1. The van der Waals surface area contributed by atoms with Crippen LogP contribution >= 0.6 is 0 Å². The zero-order valence-electron chi connectivity index (χ0n) is 19.0. The number of halogens is 3. The summed E-state index contributed by atoms with van der Waals surface area (Å²) in [5, 5.41) is 12.1. The number of aliphatic hydroxyl groups excluding tert-OH is 1. The number of benzene rings is 1. The first kappa shape index (κ1) is 24.6. The van der Waals surface area contributed by atoms with Crippen molar-refractivity contribution in [2.75, 3.05) is 32.9 Å². The van der Waals surface area contributed by atoms with Crippen molar-refractivity contribution in [3.8, 4) is 11.1 Å². The molecule has 2 aliphatic heterocycles. The molecule has 2 atom stereocenters. The molecular formula is C25H31F3N4O2. The number of aliphatic hydroxyl groups is 1. The third-order valence-corrected chi connectivity index (χ3v) is 6.71. The number of piperidine rings is 1. The zero-order chi connectivity index (χ0) is 24.1. The van der Waals surface area contributed by atoms with Crippen molar-refractivity contribution in [3.63, 3.8) is 0 Å². The van der Waals surface area contributed by atoms with E-state index in [0.29, 0.717) is 11.6 Å². The van der Waals surface area contributed by atoms with Gasteiger partial charge in [-0.1, -0.05) is 36.8 Å². The van der Waals surface area contributed by atoms with Gasteiger partial charge in [-0.25, -0.2) is 4.39 Å². The fourth-order valence-corrected chi connectivity index (χ4v) is 4.66. The lowest BCUT2D eigenvalue weighted by molar-refractivity contribution is -0.133. The van der Waals surface area contributed by atoms with Crippen LogP contribution in [0.25, 0.3) is 11.1 Å². The minimum Gasteiger partial charge on any atom is -0.386 e. The van der Waals surface area contributed by atoms with Gasteiger partial charge in [0.25, 0.3) is 5.91 Å². The van der Waals surface area contributed by atoms with Gasteiger partial charge >= 0.3 is 6.43 Å². The SMILES string of the molecule is O=C(N[C@H](CF)[C@@H](O)c1ccc(-c2ccc(CN3CC(N4CCCCC4)C3)nc2)cc1)C(F)F. The summed E-state index contributed by atoms with van der Waals surface area (Å²) in [5.41, 5.74) is 3.09. The maximum absolute atomic E-state index is 13.2. The van der Waals surface area contributed by atoms with Crippen molar-refractivity contribution >= 4 is 5.91 Å². The molecule has 0 bridgehead atoms. The molecule has 184 valence electrons. The highest BCUT2D eigenvalue weighted by molar-refractivity contribution is 5.79. The van der Waals surface area contributed by atoms with Gasteiger partial charge in [0, 0.05) is 37.4 Å². The van der Waals surface area contributed by atoms with Crippen LogP contribution in [0.3, 0.4) is 0 Å². The van der Waals surface area contributed by atoms with Gasteiger partial charge in [-0.3, -0.25) is 19.6 Å². The Morgan fingerprint density at radius 3 is 2.32 bits per heavy atom. The van der Waals surface area contributed by atoms with Gasteiger partial charge in [-0.15, -0.1) is 0 Å². The van der Waals surface area contributed by atoms with Crippen molar-refractivity contribution in [2.24, 2.45) is 0 Å². The summed E-state index contributed by atoms with van der Waals surface area (Å²) in [6.45, 7) is 4.28. The zero-order valence-corrected chi connectivity index (χ0v) is 19.0. The lowest BCUT2D eigenvalue weighted by Crippen LogP contribution is -2.59. The van der Waals surface area contributed by atoms with E-state index in [1.54, 1.807) is 30.5 Å². The third-order valence-electron chi connectivity index (χ3n) is 6.71. The van der Waals surface area contributed by atoms with Crippen LogP contribution < -0.4 is 5.32 Å². The average Bonchev–Trinajstić information content (AvgIpc) is 2.85. The summed E-state index contributed by atoms with van der Waals surface area (Å²) in [7, 11) is 0. The Bertz CT molecular complexity index is 930. The quantitative estimate of drug-likeness (QED) is 0.582. The number of nitrogens with zero attached hydrogens (tertiary/aromatic N) is 3. The van der Waals surface area contributed by atoms with E-state index < -0.39 is 31.2 Å². The maximum atomic E-state index is 13.2. The number of amides is 1. The summed E-state index contributed by atoms with van der Waals surface area (Å²) in [5.74, 6) is -1.61. The third kappa shape index (κ3) is 5.95. The molecule has 1 amide bonds. The van der Waals surface area contributed by atoms with E-state index >= 15 is 0 Å². The second-order valence-corrected chi connectivity index (χ2v) is 9.12. The van der Waals surface area contributed by atoms with Crippen molar-refractivity contribution in [1.82, 2.24) is 20.1 Å². The fraction of sp³-hybridized carbons (Fsp3) is 0.520. The summed E-state index contributed by atoms with van der Waals surface area (Å²) < 4.78 is 38.0. The van der Waals surface area contributed by atoms with E-state index in [1.807, 2.05) is 17.4 Å². The van der Waals surface area contributed by atoms with Gasteiger partial charge < -0.3 is 10.4 Å². The molecule has 2 fully saturated rings. The number of likely N-dealkylation sites (tertiary alicyclic amines) is 2. The number of hydrogen-bond acceptors (Lipinski definition) is 5. The highest BCUT2D eigenvalue weighted by Crippen LogP contribution is 2.25. The molecule has 6 nitrogen and oxygen atoms in total. The minimum absolute atomic E-state index is 0.326. The molecule has 9 heteroatoms. The first-order chi connectivity index (χ1) is 16.4. The van der Waals surface area contributed by atoms with E-state index in [1.165, 1.54) is 32.4 Å². The topological polar surface area (TPSA) is 68.7 Å². The van der Waals surface area contributed by atoms with E-state index in [4.69, 9.17) is 0 Å². The summed E-state index contributed by atoms with van der Waals surface area (Å²) >= 11 is 0. The Hall–Kier alpha value is -2.49. The molecule has 34 heavy (non-hydrogen) atoms. The molecule has 0 radical (unpaired) electrons.